The van der Waals surface area contributed by atoms with Gasteiger partial charge >= 0.3 is 0 Å². The number of fused-ring (bicyclic) bond motifs is 5. The molecule has 200 valence electrons. The summed E-state index contributed by atoms with van der Waals surface area (Å²) in [6.07, 6.45) is 16.0. The van der Waals surface area contributed by atoms with Gasteiger partial charge in [0.05, 0.1) is 0 Å². The van der Waals surface area contributed by atoms with E-state index in [0.29, 0.717) is 22.3 Å². The van der Waals surface area contributed by atoms with Crippen LogP contribution >= 0.6 is 0 Å². The average Bonchev–Trinajstić information content (AvgIpc) is 3.33. The Kier molecular flexibility index (Phi) is 6.61. The third-order valence-corrected chi connectivity index (χ3v) is 14.3. The molecule has 0 aromatic rings. The molecule has 0 aromatic carbocycles. The molecule has 0 spiro atoms. The van der Waals surface area contributed by atoms with Crippen LogP contribution in [0.1, 0.15) is 106 Å². The second-order valence-corrected chi connectivity index (χ2v) is 20.8. The van der Waals surface area contributed by atoms with Gasteiger partial charge in [0.1, 0.15) is 0 Å². The second-order valence-electron chi connectivity index (χ2n) is 16.3. The first kappa shape index (κ1) is 26.5. The van der Waals surface area contributed by atoms with E-state index < -0.39 is 8.32 Å². The summed E-state index contributed by atoms with van der Waals surface area (Å²) < 4.78 is 6.61. The van der Waals surface area contributed by atoms with Crippen molar-refractivity contribution in [3.05, 3.63) is 11.6 Å². The summed E-state index contributed by atoms with van der Waals surface area (Å²) in [6.45, 7) is 25.2. The molecule has 0 saturated heterocycles. The van der Waals surface area contributed by atoms with Gasteiger partial charge in [-0.1, -0.05) is 60.1 Å². The molecule has 35 heavy (non-hydrogen) atoms. The topological polar surface area (TPSA) is 9.23 Å². The maximum Gasteiger partial charge on any atom is 0.184 e. The van der Waals surface area contributed by atoms with Gasteiger partial charge in [-0.3, -0.25) is 0 Å². The lowest BCUT2D eigenvalue weighted by Gasteiger charge is -2.58. The fraction of sp³-hybridized carbons (Fsp3) is 0.939. The van der Waals surface area contributed by atoms with Crippen molar-refractivity contribution in [1.82, 2.24) is 0 Å². The molecule has 4 saturated carbocycles. The first-order valence-corrected chi connectivity index (χ1v) is 19.0. The molecule has 5 rings (SSSR count). The predicted octanol–water partition coefficient (Wildman–Crippen LogP) is 9.74. The summed E-state index contributed by atoms with van der Waals surface area (Å²) in [7, 11) is -1.46. The lowest BCUT2D eigenvalue weighted by atomic mass is 9.47. The summed E-state index contributed by atoms with van der Waals surface area (Å²) in [5.41, 5.74) is 3.43. The zero-order valence-electron chi connectivity index (χ0n) is 25.0. The van der Waals surface area contributed by atoms with Crippen LogP contribution in [0.15, 0.2) is 11.6 Å². The van der Waals surface area contributed by atoms with Gasteiger partial charge in [0.2, 0.25) is 0 Å². The molecule has 5 aliphatic rings. The molecule has 2 heteroatoms. The van der Waals surface area contributed by atoms with Gasteiger partial charge < -0.3 is 4.43 Å². The van der Waals surface area contributed by atoms with Crippen LogP contribution in [0.25, 0.3) is 0 Å². The molecule has 1 unspecified atom stereocenters. The lowest BCUT2D eigenvalue weighted by molar-refractivity contribution is -0.0583. The number of hydrogen-bond donors (Lipinski definition) is 0. The second kappa shape index (κ2) is 8.72. The molecule has 5 aliphatic carbocycles. The summed E-state index contributed by atoms with van der Waals surface area (Å²) in [5, 5.41) is 0. The Morgan fingerprint density at radius 3 is 2.26 bits per heavy atom. The quantitative estimate of drug-likeness (QED) is 0.261. The molecule has 0 radical (unpaired) electrons. The van der Waals surface area contributed by atoms with E-state index in [9.17, 15) is 0 Å². The van der Waals surface area contributed by atoms with Crippen molar-refractivity contribution in [2.24, 2.45) is 63.6 Å². The third-order valence-electron chi connectivity index (χ3n) is 13.3. The molecule has 1 nitrogen and oxygen atoms in total. The van der Waals surface area contributed by atoms with Crippen LogP contribution in [0.3, 0.4) is 0 Å². The van der Waals surface area contributed by atoms with Gasteiger partial charge in [0.15, 0.2) is 8.32 Å². The van der Waals surface area contributed by atoms with E-state index in [2.05, 4.69) is 74.2 Å². The monoisotopic (exact) mass is 498 g/mol. The maximum absolute atomic E-state index is 6.61. The highest BCUT2D eigenvalue weighted by atomic mass is 28.4. The highest BCUT2D eigenvalue weighted by Crippen LogP contribution is 2.71. The Morgan fingerprint density at radius 2 is 1.60 bits per heavy atom. The Balaban J connectivity index is 1.31. The largest absolute Gasteiger partial charge is 0.414 e. The van der Waals surface area contributed by atoms with Crippen molar-refractivity contribution in [3.63, 3.8) is 0 Å². The van der Waals surface area contributed by atoms with E-state index in [-0.39, 0.29) is 0 Å². The molecule has 0 amide bonds. The van der Waals surface area contributed by atoms with Crippen LogP contribution in [0.5, 0.6) is 0 Å². The fourth-order valence-corrected chi connectivity index (χ4v) is 12.1. The van der Waals surface area contributed by atoms with E-state index in [0.717, 1.165) is 47.3 Å². The minimum atomic E-state index is -1.46. The van der Waals surface area contributed by atoms with Gasteiger partial charge in [0.25, 0.3) is 0 Å². The zero-order chi connectivity index (χ0) is 25.6. The third kappa shape index (κ3) is 4.27. The summed E-state index contributed by atoms with van der Waals surface area (Å²) >= 11 is 0. The Bertz CT molecular complexity index is 839. The predicted molar refractivity (Wildman–Crippen MR) is 153 cm³/mol. The smallest absolute Gasteiger partial charge is 0.184 e. The minimum Gasteiger partial charge on any atom is -0.414 e. The van der Waals surface area contributed by atoms with Crippen LogP contribution < -0.4 is 0 Å². The van der Waals surface area contributed by atoms with E-state index in [4.69, 9.17) is 4.43 Å². The van der Waals surface area contributed by atoms with Gasteiger partial charge in [0, 0.05) is 6.10 Å². The Labute approximate surface area is 219 Å². The molecule has 0 heterocycles. The average molecular weight is 499 g/mol. The van der Waals surface area contributed by atoms with Gasteiger partial charge in [-0.15, -0.1) is 0 Å². The van der Waals surface area contributed by atoms with Crippen LogP contribution in [0, 0.1) is 63.6 Å². The first-order valence-electron chi connectivity index (χ1n) is 15.6. The van der Waals surface area contributed by atoms with Crippen molar-refractivity contribution in [3.8, 4) is 0 Å². The van der Waals surface area contributed by atoms with Gasteiger partial charge in [-0.05, 0) is 141 Å². The van der Waals surface area contributed by atoms with Crippen molar-refractivity contribution in [2.75, 3.05) is 0 Å². The minimum absolute atomic E-state index is 0.453. The van der Waals surface area contributed by atoms with E-state index in [1.165, 1.54) is 57.8 Å². The van der Waals surface area contributed by atoms with Crippen LogP contribution in [0.2, 0.25) is 19.6 Å². The number of allylic oxidation sites excluding steroid dienone is 1. The molecule has 0 aliphatic heterocycles. The molecule has 0 N–H and O–H groups in total. The van der Waals surface area contributed by atoms with E-state index in [1.807, 2.05) is 0 Å². The summed E-state index contributed by atoms with van der Waals surface area (Å²) in [4.78, 5) is 0. The standard InChI is InChI=1S/C33H58OSi/c1-21(2)23(4)33(7)20-30(33)22(3)27-13-14-28-26-12-11-24-19-25(34-35(8,9)10)15-17-31(24,5)29(26)16-18-32(27,28)6/h11,21-23,25-30H,12-20H2,1-10H3/t22-,23?,25-,26-,27+,28-,29-,30-,31-,32+,33-/m1/s1. The van der Waals surface area contributed by atoms with Crippen molar-refractivity contribution >= 4 is 8.32 Å². The van der Waals surface area contributed by atoms with Gasteiger partial charge in [-0.25, -0.2) is 0 Å². The Morgan fingerprint density at radius 1 is 0.886 bits per heavy atom. The van der Waals surface area contributed by atoms with E-state index in [1.54, 1.807) is 5.57 Å². The highest BCUT2D eigenvalue weighted by Gasteiger charge is 2.63. The molecular formula is C33H58OSi. The van der Waals surface area contributed by atoms with Gasteiger partial charge in [-0.2, -0.15) is 0 Å². The SMILES string of the molecule is CC(C)C(C)[C@@]1(C)C[C@@H]1[C@H](C)[C@@H]1CC[C@@H]2[C@H]3CC=C4C[C@H](O[Si](C)(C)C)CC[C@@]4(C)[C@@H]3CC[C@]21C. The number of hydrogen-bond acceptors (Lipinski definition) is 1. The fourth-order valence-electron chi connectivity index (χ4n) is 10.9. The maximum atomic E-state index is 6.61. The van der Waals surface area contributed by atoms with Crippen molar-refractivity contribution in [1.29, 1.82) is 0 Å². The highest BCUT2D eigenvalue weighted by molar-refractivity contribution is 6.69. The van der Waals surface area contributed by atoms with Crippen molar-refractivity contribution < 1.29 is 4.43 Å². The summed E-state index contributed by atoms with van der Waals surface area (Å²) in [6, 6.07) is 0. The molecule has 0 bridgehead atoms. The number of rotatable bonds is 6. The van der Waals surface area contributed by atoms with Crippen molar-refractivity contribution in [2.45, 2.75) is 132 Å². The van der Waals surface area contributed by atoms with E-state index >= 15 is 0 Å². The molecular weight excluding hydrogens is 440 g/mol. The van der Waals surface area contributed by atoms with Crippen LogP contribution in [0.4, 0.5) is 0 Å². The zero-order valence-corrected chi connectivity index (χ0v) is 26.0. The molecule has 4 fully saturated rings. The van der Waals surface area contributed by atoms with Crippen LogP contribution in [-0.2, 0) is 4.43 Å². The Hall–Kier alpha value is -0.0831. The molecule has 0 aromatic heterocycles. The normalized spacial score (nSPS) is 49.1. The summed E-state index contributed by atoms with van der Waals surface area (Å²) in [5.74, 6) is 7.34. The first-order chi connectivity index (χ1) is 16.2. The molecule has 11 atom stereocenters. The van der Waals surface area contributed by atoms with Crippen LogP contribution in [-0.4, -0.2) is 14.4 Å². The lowest BCUT2D eigenvalue weighted by Crippen LogP contribution is -2.51.